The van der Waals surface area contributed by atoms with E-state index in [1.807, 2.05) is 18.3 Å². The summed E-state index contributed by atoms with van der Waals surface area (Å²) in [6, 6.07) is 6.05. The van der Waals surface area contributed by atoms with Gasteiger partial charge in [-0.2, -0.15) is 0 Å². The summed E-state index contributed by atoms with van der Waals surface area (Å²) in [5.74, 6) is 1.77. The molecule has 0 amide bonds. The van der Waals surface area contributed by atoms with Crippen molar-refractivity contribution in [2.75, 3.05) is 39.3 Å². The lowest BCUT2D eigenvalue weighted by molar-refractivity contribution is 0.188. The zero-order valence-electron chi connectivity index (χ0n) is 15.3. The van der Waals surface area contributed by atoms with Crippen LogP contribution in [-0.4, -0.2) is 55.1 Å². The lowest BCUT2D eigenvalue weighted by Gasteiger charge is -2.30. The second-order valence-corrected chi connectivity index (χ2v) is 6.42. The van der Waals surface area contributed by atoms with Gasteiger partial charge in [0.15, 0.2) is 5.96 Å². The molecule has 5 nitrogen and oxygen atoms in total. The first kappa shape index (κ1) is 18.7. The summed E-state index contributed by atoms with van der Waals surface area (Å²) in [7, 11) is 0. The van der Waals surface area contributed by atoms with Gasteiger partial charge in [-0.1, -0.05) is 13.0 Å². The number of likely N-dealkylation sites (tertiary alicyclic amines) is 1. The molecule has 1 aromatic heterocycles. The van der Waals surface area contributed by atoms with E-state index in [2.05, 4.69) is 40.4 Å². The Balaban J connectivity index is 1.68. The third-order valence-corrected chi connectivity index (χ3v) is 4.71. The molecule has 0 bridgehead atoms. The van der Waals surface area contributed by atoms with Crippen LogP contribution in [0.1, 0.15) is 38.8 Å². The smallest absolute Gasteiger partial charge is 0.191 e. The van der Waals surface area contributed by atoms with Crippen molar-refractivity contribution in [3.63, 3.8) is 0 Å². The Morgan fingerprint density at radius 3 is 2.75 bits per heavy atom. The van der Waals surface area contributed by atoms with Crippen LogP contribution in [0.15, 0.2) is 29.4 Å². The summed E-state index contributed by atoms with van der Waals surface area (Å²) in [4.78, 5) is 11.6. The molecule has 1 aliphatic heterocycles. The van der Waals surface area contributed by atoms with Gasteiger partial charge < -0.3 is 15.5 Å². The minimum Gasteiger partial charge on any atom is -0.357 e. The van der Waals surface area contributed by atoms with E-state index in [1.54, 1.807) is 0 Å². The molecule has 0 aliphatic carbocycles. The van der Waals surface area contributed by atoms with Gasteiger partial charge in [0.1, 0.15) is 0 Å². The van der Waals surface area contributed by atoms with Crippen molar-refractivity contribution >= 4 is 5.96 Å². The molecule has 0 unspecified atom stereocenters. The molecule has 5 heteroatoms. The number of hydrogen-bond donors (Lipinski definition) is 2. The Hall–Kier alpha value is -1.62. The largest absolute Gasteiger partial charge is 0.357 e. The van der Waals surface area contributed by atoms with Crippen LogP contribution in [0.4, 0.5) is 0 Å². The summed E-state index contributed by atoms with van der Waals surface area (Å²) in [5, 5.41) is 6.75. The standard InChI is InChI=1S/C19H33N5/c1-3-20-19(23-14-9-18-7-5-6-12-21-18)22-13-8-17-10-15-24(4-2)16-11-17/h5-7,12,17H,3-4,8-11,13-16H2,1-2H3,(H2,20,22,23). The molecule has 1 aromatic rings. The van der Waals surface area contributed by atoms with E-state index in [-0.39, 0.29) is 0 Å². The summed E-state index contributed by atoms with van der Waals surface area (Å²) >= 11 is 0. The second-order valence-electron chi connectivity index (χ2n) is 6.42. The third kappa shape index (κ3) is 6.87. The van der Waals surface area contributed by atoms with Crippen LogP contribution in [0.25, 0.3) is 0 Å². The Morgan fingerprint density at radius 1 is 1.25 bits per heavy atom. The zero-order chi connectivity index (χ0) is 17.0. The Kier molecular flexibility index (Phi) is 8.60. The first-order valence-electron chi connectivity index (χ1n) is 9.46. The highest BCUT2D eigenvalue weighted by Gasteiger charge is 2.17. The van der Waals surface area contributed by atoms with Crippen molar-refractivity contribution in [3.05, 3.63) is 30.1 Å². The summed E-state index contributed by atoms with van der Waals surface area (Å²) in [5.41, 5.74) is 1.11. The van der Waals surface area contributed by atoms with E-state index >= 15 is 0 Å². The SMILES string of the molecule is CCNC(=NCCC1CCN(CC)CC1)NCCc1ccccn1. The van der Waals surface area contributed by atoms with Crippen LogP contribution in [0.2, 0.25) is 0 Å². The van der Waals surface area contributed by atoms with Crippen molar-refractivity contribution < 1.29 is 0 Å². The summed E-state index contributed by atoms with van der Waals surface area (Å²) in [6.07, 6.45) is 6.62. The number of guanidine groups is 1. The molecule has 0 aromatic carbocycles. The Morgan fingerprint density at radius 2 is 2.08 bits per heavy atom. The molecule has 24 heavy (non-hydrogen) atoms. The minimum atomic E-state index is 0.841. The molecule has 0 saturated carbocycles. The van der Waals surface area contributed by atoms with Crippen LogP contribution in [0, 0.1) is 5.92 Å². The first-order chi connectivity index (χ1) is 11.8. The number of nitrogens with one attached hydrogen (secondary N) is 2. The van der Waals surface area contributed by atoms with Gasteiger partial charge in [0.2, 0.25) is 0 Å². The number of rotatable bonds is 8. The number of piperidine rings is 1. The van der Waals surface area contributed by atoms with Gasteiger partial charge in [-0.25, -0.2) is 0 Å². The van der Waals surface area contributed by atoms with Gasteiger partial charge in [-0.05, 0) is 63.9 Å². The number of aromatic nitrogens is 1. The molecule has 2 rings (SSSR count). The zero-order valence-corrected chi connectivity index (χ0v) is 15.3. The molecular formula is C19H33N5. The average molecular weight is 332 g/mol. The maximum absolute atomic E-state index is 4.74. The predicted octanol–water partition coefficient (Wildman–Crippen LogP) is 2.30. The quantitative estimate of drug-likeness (QED) is 0.567. The van der Waals surface area contributed by atoms with Crippen LogP contribution < -0.4 is 10.6 Å². The third-order valence-electron chi connectivity index (χ3n) is 4.71. The summed E-state index contributed by atoms with van der Waals surface area (Å²) < 4.78 is 0. The van der Waals surface area contributed by atoms with Crippen molar-refractivity contribution in [3.8, 4) is 0 Å². The van der Waals surface area contributed by atoms with Crippen molar-refractivity contribution in [2.45, 2.75) is 39.5 Å². The second kappa shape index (κ2) is 11.0. The molecular weight excluding hydrogens is 298 g/mol. The maximum atomic E-state index is 4.74. The molecule has 0 radical (unpaired) electrons. The molecule has 1 aliphatic rings. The lowest BCUT2D eigenvalue weighted by Crippen LogP contribution is -2.38. The lowest BCUT2D eigenvalue weighted by atomic mass is 9.94. The highest BCUT2D eigenvalue weighted by Crippen LogP contribution is 2.19. The van der Waals surface area contributed by atoms with Gasteiger partial charge in [0.05, 0.1) is 0 Å². The first-order valence-corrected chi connectivity index (χ1v) is 9.46. The summed E-state index contributed by atoms with van der Waals surface area (Å²) in [6.45, 7) is 10.7. The fourth-order valence-corrected chi connectivity index (χ4v) is 3.15. The average Bonchev–Trinajstić information content (AvgIpc) is 2.63. The van der Waals surface area contributed by atoms with Gasteiger partial charge in [0, 0.05) is 37.9 Å². The van der Waals surface area contributed by atoms with Crippen molar-refractivity contribution in [1.29, 1.82) is 0 Å². The Bertz CT molecular complexity index is 466. The van der Waals surface area contributed by atoms with E-state index in [9.17, 15) is 0 Å². The highest BCUT2D eigenvalue weighted by atomic mass is 15.2. The Labute approximate surface area is 147 Å². The number of nitrogens with zero attached hydrogens (tertiary/aromatic N) is 3. The van der Waals surface area contributed by atoms with E-state index in [1.165, 1.54) is 38.9 Å². The van der Waals surface area contributed by atoms with Gasteiger partial charge in [0.25, 0.3) is 0 Å². The molecule has 1 fully saturated rings. The van der Waals surface area contributed by atoms with Crippen molar-refractivity contribution in [1.82, 2.24) is 20.5 Å². The van der Waals surface area contributed by atoms with Crippen molar-refractivity contribution in [2.24, 2.45) is 10.9 Å². The topological polar surface area (TPSA) is 52.6 Å². The van der Waals surface area contributed by atoms with Gasteiger partial charge >= 0.3 is 0 Å². The molecule has 0 atom stereocenters. The monoisotopic (exact) mass is 331 g/mol. The fourth-order valence-electron chi connectivity index (χ4n) is 3.15. The van der Waals surface area contributed by atoms with Crippen LogP contribution in [0.5, 0.6) is 0 Å². The normalized spacial score (nSPS) is 17.0. The molecule has 0 spiro atoms. The molecule has 2 N–H and O–H groups in total. The minimum absolute atomic E-state index is 0.841. The van der Waals surface area contributed by atoms with Gasteiger partial charge in [-0.15, -0.1) is 0 Å². The highest BCUT2D eigenvalue weighted by molar-refractivity contribution is 5.79. The molecule has 1 saturated heterocycles. The molecule has 2 heterocycles. The van der Waals surface area contributed by atoms with Gasteiger partial charge in [-0.3, -0.25) is 9.98 Å². The number of pyridine rings is 1. The van der Waals surface area contributed by atoms with Crippen LogP contribution in [-0.2, 0) is 6.42 Å². The van der Waals surface area contributed by atoms with Crippen LogP contribution in [0.3, 0.4) is 0 Å². The van der Waals surface area contributed by atoms with E-state index in [0.29, 0.717) is 0 Å². The van der Waals surface area contributed by atoms with E-state index in [0.717, 1.165) is 43.6 Å². The fraction of sp³-hybridized carbons (Fsp3) is 0.684. The predicted molar refractivity (Wildman–Crippen MR) is 101 cm³/mol. The van der Waals surface area contributed by atoms with E-state index < -0.39 is 0 Å². The maximum Gasteiger partial charge on any atom is 0.191 e. The molecule has 134 valence electrons. The van der Waals surface area contributed by atoms with E-state index in [4.69, 9.17) is 4.99 Å². The van der Waals surface area contributed by atoms with Crippen LogP contribution >= 0.6 is 0 Å². The number of aliphatic imine (C=N–C) groups is 1. The number of hydrogen-bond acceptors (Lipinski definition) is 3.